The lowest BCUT2D eigenvalue weighted by Gasteiger charge is -2.21. The van der Waals surface area contributed by atoms with Gasteiger partial charge < -0.3 is 5.32 Å². The first-order valence-electron chi connectivity index (χ1n) is 7.02. The second kappa shape index (κ2) is 6.88. The van der Waals surface area contributed by atoms with Crippen molar-refractivity contribution in [2.75, 3.05) is 6.54 Å². The Balaban J connectivity index is 2.23. The van der Waals surface area contributed by atoms with Crippen molar-refractivity contribution in [3.05, 3.63) is 57.3 Å². The molecular formula is C17H23NS. The molecule has 0 aliphatic carbocycles. The van der Waals surface area contributed by atoms with Crippen LogP contribution in [0.3, 0.4) is 0 Å². The zero-order chi connectivity index (χ0) is 13.7. The smallest absolute Gasteiger partial charge is 0.0363 e. The molecule has 1 aromatic carbocycles. The minimum atomic E-state index is 0.425. The van der Waals surface area contributed by atoms with Crippen molar-refractivity contribution in [1.29, 1.82) is 0 Å². The van der Waals surface area contributed by atoms with Crippen LogP contribution in [0, 0.1) is 13.8 Å². The van der Waals surface area contributed by atoms with Crippen LogP contribution in [0.15, 0.2) is 35.0 Å². The number of benzene rings is 1. The van der Waals surface area contributed by atoms with Crippen LogP contribution < -0.4 is 5.32 Å². The Morgan fingerprint density at radius 3 is 2.74 bits per heavy atom. The molecule has 1 heterocycles. The summed E-state index contributed by atoms with van der Waals surface area (Å²) in [5.41, 5.74) is 5.60. The maximum absolute atomic E-state index is 3.70. The van der Waals surface area contributed by atoms with Gasteiger partial charge in [0, 0.05) is 6.04 Å². The Labute approximate surface area is 120 Å². The molecule has 0 aliphatic heterocycles. The molecule has 0 aliphatic rings. The average molecular weight is 273 g/mol. The fourth-order valence-electron chi connectivity index (χ4n) is 2.39. The average Bonchev–Trinajstić information content (AvgIpc) is 2.90. The highest BCUT2D eigenvalue weighted by Gasteiger charge is 2.14. The lowest BCUT2D eigenvalue weighted by Crippen LogP contribution is -2.24. The summed E-state index contributed by atoms with van der Waals surface area (Å²) in [5.74, 6) is 0. The highest BCUT2D eigenvalue weighted by atomic mass is 32.1. The molecule has 1 atom stereocenters. The van der Waals surface area contributed by atoms with Crippen LogP contribution >= 0.6 is 11.3 Å². The summed E-state index contributed by atoms with van der Waals surface area (Å²) in [6, 6.07) is 9.42. The van der Waals surface area contributed by atoms with Crippen molar-refractivity contribution in [1.82, 2.24) is 5.32 Å². The fraction of sp³-hybridized carbons (Fsp3) is 0.412. The second-order valence-electron chi connectivity index (χ2n) is 5.20. The van der Waals surface area contributed by atoms with Gasteiger partial charge in [-0.3, -0.25) is 0 Å². The molecule has 0 amide bonds. The van der Waals surface area contributed by atoms with Gasteiger partial charge in [0.15, 0.2) is 0 Å². The zero-order valence-corrected chi connectivity index (χ0v) is 12.9. The van der Waals surface area contributed by atoms with Crippen molar-refractivity contribution in [3.8, 4) is 0 Å². The molecular weight excluding hydrogens is 250 g/mol. The van der Waals surface area contributed by atoms with Gasteiger partial charge in [0.25, 0.3) is 0 Å². The summed E-state index contributed by atoms with van der Waals surface area (Å²) in [6.45, 7) is 7.67. The van der Waals surface area contributed by atoms with E-state index in [1.54, 1.807) is 11.3 Å². The Morgan fingerprint density at radius 2 is 2.05 bits per heavy atom. The van der Waals surface area contributed by atoms with Gasteiger partial charge >= 0.3 is 0 Å². The van der Waals surface area contributed by atoms with Gasteiger partial charge in [-0.15, -0.1) is 0 Å². The van der Waals surface area contributed by atoms with Crippen LogP contribution in [0.5, 0.6) is 0 Å². The molecule has 0 bridgehead atoms. The summed E-state index contributed by atoms with van der Waals surface area (Å²) in [4.78, 5) is 0. The van der Waals surface area contributed by atoms with Crippen molar-refractivity contribution in [3.63, 3.8) is 0 Å². The number of nitrogens with one attached hydrogen (secondary N) is 1. The minimum absolute atomic E-state index is 0.425. The monoisotopic (exact) mass is 273 g/mol. The Hall–Kier alpha value is -1.12. The number of aryl methyl sites for hydroxylation is 2. The number of thiophene rings is 1. The number of hydrogen-bond donors (Lipinski definition) is 1. The van der Waals surface area contributed by atoms with Crippen LogP contribution in [-0.2, 0) is 6.42 Å². The third kappa shape index (κ3) is 3.92. The van der Waals surface area contributed by atoms with E-state index in [1.165, 1.54) is 28.7 Å². The quantitative estimate of drug-likeness (QED) is 0.808. The van der Waals surface area contributed by atoms with Gasteiger partial charge in [0.1, 0.15) is 0 Å². The minimum Gasteiger partial charge on any atom is -0.310 e. The van der Waals surface area contributed by atoms with E-state index >= 15 is 0 Å². The van der Waals surface area contributed by atoms with E-state index in [0.717, 1.165) is 13.0 Å². The maximum Gasteiger partial charge on any atom is 0.0363 e. The lowest BCUT2D eigenvalue weighted by atomic mass is 9.94. The van der Waals surface area contributed by atoms with Gasteiger partial charge in [0.05, 0.1) is 0 Å². The van der Waals surface area contributed by atoms with Crippen LogP contribution in [-0.4, -0.2) is 6.54 Å². The Kier molecular flexibility index (Phi) is 5.17. The van der Waals surface area contributed by atoms with Gasteiger partial charge in [-0.2, -0.15) is 11.3 Å². The largest absolute Gasteiger partial charge is 0.310 e. The molecule has 1 aromatic heterocycles. The molecule has 0 radical (unpaired) electrons. The molecule has 0 saturated heterocycles. The molecule has 2 heteroatoms. The predicted octanol–water partition coefficient (Wildman–Crippen LogP) is 4.65. The van der Waals surface area contributed by atoms with E-state index in [-0.39, 0.29) is 0 Å². The van der Waals surface area contributed by atoms with Gasteiger partial charge in [0.2, 0.25) is 0 Å². The van der Waals surface area contributed by atoms with Gasteiger partial charge in [-0.1, -0.05) is 30.7 Å². The maximum atomic E-state index is 3.70. The van der Waals surface area contributed by atoms with Crippen LogP contribution in [0.2, 0.25) is 0 Å². The Bertz CT molecular complexity index is 502. The molecule has 1 nitrogen and oxygen atoms in total. The number of hydrogen-bond acceptors (Lipinski definition) is 2. The lowest BCUT2D eigenvalue weighted by molar-refractivity contribution is 0.527. The highest BCUT2D eigenvalue weighted by Crippen LogP contribution is 2.24. The van der Waals surface area contributed by atoms with Crippen molar-refractivity contribution >= 4 is 11.3 Å². The second-order valence-corrected chi connectivity index (χ2v) is 5.98. The molecule has 2 rings (SSSR count). The third-order valence-corrected chi connectivity index (χ3v) is 4.20. The third-order valence-electron chi connectivity index (χ3n) is 3.47. The van der Waals surface area contributed by atoms with E-state index in [9.17, 15) is 0 Å². The van der Waals surface area contributed by atoms with Crippen molar-refractivity contribution < 1.29 is 0 Å². The summed E-state index contributed by atoms with van der Waals surface area (Å²) >= 11 is 1.78. The summed E-state index contributed by atoms with van der Waals surface area (Å²) in [7, 11) is 0. The van der Waals surface area contributed by atoms with Gasteiger partial charge in [-0.05, 0) is 66.8 Å². The van der Waals surface area contributed by atoms with E-state index in [4.69, 9.17) is 0 Å². The van der Waals surface area contributed by atoms with Crippen LogP contribution in [0.25, 0.3) is 0 Å². The van der Waals surface area contributed by atoms with Crippen LogP contribution in [0.4, 0.5) is 0 Å². The normalized spacial score (nSPS) is 12.6. The molecule has 1 N–H and O–H groups in total. The van der Waals surface area contributed by atoms with Gasteiger partial charge in [-0.25, -0.2) is 0 Å². The molecule has 0 saturated carbocycles. The van der Waals surface area contributed by atoms with Crippen LogP contribution in [0.1, 0.15) is 41.6 Å². The summed E-state index contributed by atoms with van der Waals surface area (Å²) in [5, 5.41) is 8.11. The standard InChI is InChI=1S/C17H23NS/c1-4-8-18-17(11-15-7-9-19-12-15)16-10-13(2)5-6-14(16)3/h5-7,9-10,12,17-18H,4,8,11H2,1-3H3. The molecule has 2 aromatic rings. The van der Waals surface area contributed by atoms with E-state index in [2.05, 4.69) is 61.1 Å². The first-order valence-corrected chi connectivity index (χ1v) is 7.96. The topological polar surface area (TPSA) is 12.0 Å². The first kappa shape index (κ1) is 14.3. The van der Waals surface area contributed by atoms with E-state index in [1.807, 2.05) is 0 Å². The number of rotatable bonds is 6. The van der Waals surface area contributed by atoms with Crippen molar-refractivity contribution in [2.24, 2.45) is 0 Å². The predicted molar refractivity (Wildman–Crippen MR) is 85.0 cm³/mol. The Morgan fingerprint density at radius 1 is 1.21 bits per heavy atom. The summed E-state index contributed by atoms with van der Waals surface area (Å²) < 4.78 is 0. The van der Waals surface area contributed by atoms with Crippen molar-refractivity contribution in [2.45, 2.75) is 39.7 Å². The van der Waals surface area contributed by atoms with E-state index < -0.39 is 0 Å². The summed E-state index contributed by atoms with van der Waals surface area (Å²) in [6.07, 6.45) is 2.25. The molecule has 0 fully saturated rings. The first-order chi connectivity index (χ1) is 9.20. The molecule has 102 valence electrons. The SMILES string of the molecule is CCCNC(Cc1ccsc1)c1cc(C)ccc1C. The molecule has 0 spiro atoms. The molecule has 19 heavy (non-hydrogen) atoms. The molecule has 1 unspecified atom stereocenters. The van der Waals surface area contributed by atoms with E-state index in [0.29, 0.717) is 6.04 Å². The fourth-order valence-corrected chi connectivity index (χ4v) is 3.07. The highest BCUT2D eigenvalue weighted by molar-refractivity contribution is 7.07. The zero-order valence-electron chi connectivity index (χ0n) is 12.1.